The van der Waals surface area contributed by atoms with Gasteiger partial charge >= 0.3 is 16.3 Å². The van der Waals surface area contributed by atoms with Crippen LogP contribution >= 0.6 is 0 Å². The molecule has 7 nitrogen and oxygen atoms in total. The Balaban J connectivity index is 0.00000106. The molecule has 3 rings (SSSR count). The maximum atomic E-state index is 13.0. The molecule has 2 heterocycles. The van der Waals surface area contributed by atoms with Gasteiger partial charge in [-0.15, -0.1) is 0 Å². The summed E-state index contributed by atoms with van der Waals surface area (Å²) in [6.45, 7) is 10.4. The SMILES string of the molecule is CC(C)(C)OC(=O)NC1CCN(S(=O)(=O)n2ccc3ccccc32)CC1.CCC.[HH]. The number of nitrogens with one attached hydrogen (secondary N) is 1. The van der Waals surface area contributed by atoms with Crippen molar-refractivity contribution in [1.82, 2.24) is 13.6 Å². The molecule has 8 heteroatoms. The largest absolute Gasteiger partial charge is 0.444 e. The fourth-order valence-corrected chi connectivity index (χ4v) is 4.64. The Kier molecular flexibility index (Phi) is 7.71. The summed E-state index contributed by atoms with van der Waals surface area (Å²) < 4.78 is 34.0. The van der Waals surface area contributed by atoms with E-state index in [1.54, 1.807) is 18.3 Å². The molecule has 2 aromatic rings. The van der Waals surface area contributed by atoms with Crippen molar-refractivity contribution >= 4 is 27.2 Å². The van der Waals surface area contributed by atoms with Crippen LogP contribution in [0.4, 0.5) is 4.79 Å². The van der Waals surface area contributed by atoms with Crippen LogP contribution in [0.25, 0.3) is 10.9 Å². The molecule has 1 aromatic heterocycles. The summed E-state index contributed by atoms with van der Waals surface area (Å²) in [7, 11) is -3.62. The Morgan fingerprint density at radius 2 is 1.76 bits per heavy atom. The number of hydrogen-bond acceptors (Lipinski definition) is 4. The first-order valence-electron chi connectivity index (χ1n) is 10.1. The Hall–Kier alpha value is -2.06. The first-order valence-corrected chi connectivity index (χ1v) is 11.5. The van der Waals surface area contributed by atoms with Gasteiger partial charge in [-0.1, -0.05) is 38.5 Å². The van der Waals surface area contributed by atoms with Gasteiger partial charge in [-0.3, -0.25) is 0 Å². The van der Waals surface area contributed by atoms with Gasteiger partial charge in [0.15, 0.2) is 0 Å². The lowest BCUT2D eigenvalue weighted by Gasteiger charge is -2.32. The lowest BCUT2D eigenvalue weighted by molar-refractivity contribution is 0.0489. The summed E-state index contributed by atoms with van der Waals surface area (Å²) in [6, 6.07) is 9.10. The van der Waals surface area contributed by atoms with Gasteiger partial charge in [0.2, 0.25) is 0 Å². The van der Waals surface area contributed by atoms with Gasteiger partial charge in [0.25, 0.3) is 0 Å². The minimum atomic E-state index is -3.62. The van der Waals surface area contributed by atoms with Crippen LogP contribution in [-0.4, -0.2) is 47.5 Å². The molecule has 164 valence electrons. The second-order valence-corrected chi connectivity index (χ2v) is 10.0. The molecule has 0 aliphatic carbocycles. The van der Waals surface area contributed by atoms with E-state index in [-0.39, 0.29) is 7.47 Å². The van der Waals surface area contributed by atoms with Crippen molar-refractivity contribution in [3.8, 4) is 0 Å². The minimum absolute atomic E-state index is 0. The zero-order chi connectivity index (χ0) is 21.7. The second kappa shape index (κ2) is 9.63. The topological polar surface area (TPSA) is 80.6 Å². The maximum absolute atomic E-state index is 13.0. The zero-order valence-electron chi connectivity index (χ0n) is 18.0. The molecule has 0 radical (unpaired) electrons. The van der Waals surface area contributed by atoms with Crippen LogP contribution in [0.5, 0.6) is 0 Å². The Morgan fingerprint density at radius 3 is 2.34 bits per heavy atom. The average Bonchev–Trinajstić information content (AvgIpc) is 3.06. The molecule has 1 aromatic carbocycles. The first kappa shape index (κ1) is 23.2. The van der Waals surface area contributed by atoms with E-state index in [4.69, 9.17) is 4.74 Å². The van der Waals surface area contributed by atoms with Crippen LogP contribution in [0.3, 0.4) is 0 Å². The number of hydrogen-bond donors (Lipinski definition) is 1. The van der Waals surface area contributed by atoms with Crippen LogP contribution < -0.4 is 5.32 Å². The molecule has 0 atom stereocenters. The monoisotopic (exact) mass is 425 g/mol. The number of ether oxygens (including phenoxy) is 1. The van der Waals surface area contributed by atoms with Gasteiger partial charge in [0.05, 0.1) is 5.52 Å². The summed E-state index contributed by atoms with van der Waals surface area (Å²) in [5.74, 6) is 0. The lowest BCUT2D eigenvalue weighted by Crippen LogP contribution is -2.48. The molecular formula is C21H35N3O4S. The van der Waals surface area contributed by atoms with Crippen molar-refractivity contribution in [3.05, 3.63) is 36.5 Å². The Morgan fingerprint density at radius 1 is 1.17 bits per heavy atom. The summed E-state index contributed by atoms with van der Waals surface area (Å²) in [5, 5.41) is 3.71. The predicted octanol–water partition coefficient (Wildman–Crippen LogP) is 4.39. The Labute approximate surface area is 175 Å². The summed E-state index contributed by atoms with van der Waals surface area (Å²) in [5.41, 5.74) is 0.116. The third-order valence-electron chi connectivity index (χ3n) is 4.31. The number of alkyl carbamates (subject to hydrolysis) is 1. The van der Waals surface area contributed by atoms with Gasteiger partial charge < -0.3 is 10.1 Å². The first-order chi connectivity index (χ1) is 13.6. The summed E-state index contributed by atoms with van der Waals surface area (Å²) in [4.78, 5) is 11.9. The number of carbonyl (C=O) groups excluding carboxylic acids is 1. The number of carbonyl (C=O) groups is 1. The molecular weight excluding hydrogens is 390 g/mol. The summed E-state index contributed by atoms with van der Waals surface area (Å²) >= 11 is 0. The van der Waals surface area contributed by atoms with E-state index in [1.165, 1.54) is 14.7 Å². The van der Waals surface area contributed by atoms with Gasteiger partial charge in [0.1, 0.15) is 5.60 Å². The minimum Gasteiger partial charge on any atom is -0.444 e. The highest BCUT2D eigenvalue weighted by atomic mass is 32.2. The van der Waals surface area contributed by atoms with E-state index < -0.39 is 21.9 Å². The molecule has 1 N–H and O–H groups in total. The highest BCUT2D eigenvalue weighted by Gasteiger charge is 2.31. The molecule has 0 unspecified atom stereocenters. The van der Waals surface area contributed by atoms with Crippen LogP contribution in [0, 0.1) is 0 Å². The summed E-state index contributed by atoms with van der Waals surface area (Å²) in [6.07, 6.45) is 3.48. The quantitative estimate of drug-likeness (QED) is 0.791. The number of fused-ring (bicyclic) bond motifs is 1. The highest BCUT2D eigenvalue weighted by molar-refractivity contribution is 7.87. The van der Waals surface area contributed by atoms with Crippen molar-refractivity contribution < 1.29 is 19.4 Å². The molecule has 1 saturated heterocycles. The smallest absolute Gasteiger partial charge is 0.407 e. The van der Waals surface area contributed by atoms with Crippen molar-refractivity contribution in [2.45, 2.75) is 65.5 Å². The normalized spacial score (nSPS) is 16.2. The lowest BCUT2D eigenvalue weighted by atomic mass is 10.1. The van der Waals surface area contributed by atoms with E-state index in [2.05, 4.69) is 19.2 Å². The van der Waals surface area contributed by atoms with E-state index in [0.29, 0.717) is 31.4 Å². The third kappa shape index (κ3) is 6.21. The van der Waals surface area contributed by atoms with Gasteiger partial charge in [-0.25, -0.2) is 8.77 Å². The number of piperidine rings is 1. The van der Waals surface area contributed by atoms with Crippen molar-refractivity contribution in [1.29, 1.82) is 0 Å². The number of benzene rings is 1. The van der Waals surface area contributed by atoms with Gasteiger partial charge in [0, 0.05) is 32.1 Å². The Bertz CT molecular complexity index is 914. The maximum Gasteiger partial charge on any atom is 0.407 e. The number of nitrogens with zero attached hydrogens (tertiary/aromatic N) is 2. The predicted molar refractivity (Wildman–Crippen MR) is 118 cm³/mol. The highest BCUT2D eigenvalue weighted by Crippen LogP contribution is 2.22. The van der Waals surface area contributed by atoms with E-state index >= 15 is 0 Å². The number of rotatable bonds is 3. The number of aromatic nitrogens is 1. The average molecular weight is 426 g/mol. The third-order valence-corrected chi connectivity index (χ3v) is 6.15. The molecule has 1 aliphatic rings. The second-order valence-electron chi connectivity index (χ2n) is 8.20. The molecule has 0 bridgehead atoms. The van der Waals surface area contributed by atoms with Crippen LogP contribution in [0.1, 0.15) is 55.3 Å². The van der Waals surface area contributed by atoms with Crippen molar-refractivity contribution in [3.63, 3.8) is 0 Å². The fraction of sp³-hybridized carbons (Fsp3) is 0.571. The molecule has 1 amide bonds. The number of para-hydroxylation sites is 1. The van der Waals surface area contributed by atoms with E-state index in [9.17, 15) is 13.2 Å². The van der Waals surface area contributed by atoms with Crippen molar-refractivity contribution in [2.24, 2.45) is 0 Å². The zero-order valence-corrected chi connectivity index (χ0v) is 18.8. The number of amides is 1. The van der Waals surface area contributed by atoms with E-state index in [0.717, 1.165) is 5.39 Å². The van der Waals surface area contributed by atoms with Crippen LogP contribution in [-0.2, 0) is 14.9 Å². The van der Waals surface area contributed by atoms with Crippen LogP contribution in [0.15, 0.2) is 36.5 Å². The molecule has 0 saturated carbocycles. The standard InChI is InChI=1S/C18H25N3O4S.C3H8.H2/c1-18(2,3)25-17(22)19-15-9-11-20(12-10-15)26(23,24)21-13-8-14-6-4-5-7-16(14)21;1-3-2;/h4-8,13,15H,9-12H2,1-3H3,(H,19,22);3H2,1-2H3;1H. The van der Waals surface area contributed by atoms with Crippen LogP contribution in [0.2, 0.25) is 0 Å². The van der Waals surface area contributed by atoms with Crippen molar-refractivity contribution in [2.75, 3.05) is 13.1 Å². The molecule has 29 heavy (non-hydrogen) atoms. The van der Waals surface area contributed by atoms with E-state index in [1.807, 2.05) is 39.0 Å². The van der Waals surface area contributed by atoms with Gasteiger partial charge in [-0.2, -0.15) is 12.7 Å². The molecule has 1 fully saturated rings. The molecule has 1 aliphatic heterocycles. The van der Waals surface area contributed by atoms with Gasteiger partial charge in [-0.05, 0) is 45.7 Å². The fourth-order valence-electron chi connectivity index (χ4n) is 3.09. The molecule has 0 spiro atoms.